The van der Waals surface area contributed by atoms with Crippen LogP contribution in [0, 0.1) is 6.92 Å². The lowest BCUT2D eigenvalue weighted by atomic mass is 10.1. The molecule has 0 aromatic heterocycles. The van der Waals surface area contributed by atoms with E-state index in [2.05, 4.69) is 10.2 Å². The van der Waals surface area contributed by atoms with Crippen LogP contribution in [0.25, 0.3) is 10.8 Å². The number of fused-ring (bicyclic) bond motifs is 1. The normalized spacial score (nSPS) is 12.1. The van der Waals surface area contributed by atoms with Crippen LogP contribution in [0.5, 0.6) is 5.75 Å². The fourth-order valence-electron chi connectivity index (χ4n) is 2.31. The highest BCUT2D eigenvalue weighted by Gasteiger charge is 2.07. The smallest absolute Gasteiger partial charge is 0.143 e. The zero-order valence-corrected chi connectivity index (χ0v) is 13.5. The average molecular weight is 341 g/mol. The van der Waals surface area contributed by atoms with Gasteiger partial charge in [0.05, 0.1) is 10.6 Å². The molecule has 0 saturated carbocycles. The lowest BCUT2D eigenvalue weighted by Crippen LogP contribution is -1.97. The van der Waals surface area contributed by atoms with Gasteiger partial charge in [-0.2, -0.15) is 5.11 Å². The van der Waals surface area contributed by atoms with Crippen molar-refractivity contribution in [1.82, 2.24) is 0 Å². The van der Waals surface area contributed by atoms with E-state index in [1.165, 1.54) is 24.3 Å². The minimum Gasteiger partial charge on any atom is -0.744 e. The van der Waals surface area contributed by atoms with Crippen LogP contribution in [0.3, 0.4) is 0 Å². The first-order valence-electron chi connectivity index (χ1n) is 7.05. The van der Waals surface area contributed by atoms with Crippen molar-refractivity contribution in [3.63, 3.8) is 0 Å². The van der Waals surface area contributed by atoms with E-state index in [0.29, 0.717) is 11.4 Å². The Bertz CT molecular complexity index is 1040. The van der Waals surface area contributed by atoms with Crippen molar-refractivity contribution in [3.8, 4) is 5.75 Å². The summed E-state index contributed by atoms with van der Waals surface area (Å²) in [5.74, 6) is -0.00569. The molecule has 1 N–H and O–H groups in total. The second kappa shape index (κ2) is 6.03. The Morgan fingerprint density at radius 3 is 2.33 bits per heavy atom. The van der Waals surface area contributed by atoms with Gasteiger partial charge in [0.2, 0.25) is 0 Å². The molecule has 0 atom stereocenters. The van der Waals surface area contributed by atoms with Crippen molar-refractivity contribution in [2.24, 2.45) is 10.2 Å². The number of phenols is 1. The molecule has 0 saturated heterocycles. The molecular formula is C17H13N2O4S-. The summed E-state index contributed by atoms with van der Waals surface area (Å²) in [4.78, 5) is -0.329. The lowest BCUT2D eigenvalue weighted by Gasteiger charge is -2.06. The topological polar surface area (TPSA) is 102 Å². The molecule has 24 heavy (non-hydrogen) atoms. The van der Waals surface area contributed by atoms with Gasteiger partial charge in [-0.25, -0.2) is 8.42 Å². The van der Waals surface area contributed by atoms with Crippen molar-refractivity contribution in [1.29, 1.82) is 0 Å². The maximum absolute atomic E-state index is 10.9. The predicted octanol–water partition coefficient (Wildman–Crippen LogP) is 4.17. The molecule has 7 heteroatoms. The number of hydrogen-bond donors (Lipinski definition) is 1. The average Bonchev–Trinajstić information content (AvgIpc) is 2.53. The summed E-state index contributed by atoms with van der Waals surface area (Å²) in [6, 6.07) is 14.2. The summed E-state index contributed by atoms with van der Waals surface area (Å²) in [5.41, 5.74) is 1.78. The quantitative estimate of drug-likeness (QED) is 0.570. The fourth-order valence-corrected chi connectivity index (χ4v) is 2.78. The van der Waals surface area contributed by atoms with E-state index in [4.69, 9.17) is 0 Å². The van der Waals surface area contributed by atoms with E-state index in [9.17, 15) is 18.1 Å². The molecule has 3 aromatic carbocycles. The van der Waals surface area contributed by atoms with Crippen molar-refractivity contribution in [2.45, 2.75) is 11.8 Å². The molecule has 6 nitrogen and oxygen atoms in total. The summed E-state index contributed by atoms with van der Waals surface area (Å²) in [5, 5.41) is 19.8. The Labute approximate surface area is 138 Å². The molecule has 0 aliphatic rings. The SMILES string of the molecule is Cc1ccc2c(N=Nc3ccc(S(=O)(=O)[O-])cc3)c(O)ccc2c1. The summed E-state index contributed by atoms with van der Waals surface area (Å²) in [7, 11) is -4.49. The van der Waals surface area contributed by atoms with E-state index in [0.717, 1.165) is 16.3 Å². The van der Waals surface area contributed by atoms with E-state index >= 15 is 0 Å². The van der Waals surface area contributed by atoms with Gasteiger partial charge in [-0.15, -0.1) is 5.11 Å². The molecule has 0 fully saturated rings. The van der Waals surface area contributed by atoms with Crippen molar-refractivity contribution in [3.05, 3.63) is 60.2 Å². The van der Waals surface area contributed by atoms with E-state index in [1.807, 2.05) is 25.1 Å². The third-order valence-corrected chi connectivity index (χ3v) is 4.37. The Kier molecular flexibility index (Phi) is 4.04. The number of nitrogens with zero attached hydrogens (tertiary/aromatic N) is 2. The monoisotopic (exact) mass is 341 g/mol. The maximum atomic E-state index is 10.9. The van der Waals surface area contributed by atoms with Gasteiger partial charge in [-0.05, 0) is 42.6 Å². The van der Waals surface area contributed by atoms with Crippen LogP contribution in [0.1, 0.15) is 5.56 Å². The summed E-state index contributed by atoms with van der Waals surface area (Å²) < 4.78 is 32.7. The highest BCUT2D eigenvalue weighted by molar-refractivity contribution is 7.85. The van der Waals surface area contributed by atoms with Crippen molar-refractivity contribution >= 4 is 32.3 Å². The van der Waals surface area contributed by atoms with Gasteiger partial charge in [0.15, 0.2) is 0 Å². The van der Waals surface area contributed by atoms with Crippen molar-refractivity contribution in [2.75, 3.05) is 0 Å². The van der Waals surface area contributed by atoms with Gasteiger partial charge >= 0.3 is 0 Å². The highest BCUT2D eigenvalue weighted by Crippen LogP contribution is 2.36. The first kappa shape index (κ1) is 16.1. The van der Waals surface area contributed by atoms with Crippen LogP contribution < -0.4 is 0 Å². The highest BCUT2D eigenvalue weighted by atomic mass is 32.2. The third kappa shape index (κ3) is 3.27. The molecule has 0 aliphatic carbocycles. The summed E-state index contributed by atoms with van der Waals surface area (Å²) in [6.45, 7) is 1.97. The van der Waals surface area contributed by atoms with Gasteiger partial charge in [0.1, 0.15) is 21.6 Å². The molecular weight excluding hydrogens is 328 g/mol. The molecule has 0 unspecified atom stereocenters. The second-order valence-corrected chi connectivity index (χ2v) is 6.69. The Balaban J connectivity index is 2.00. The zero-order chi connectivity index (χ0) is 17.3. The van der Waals surface area contributed by atoms with Crippen LogP contribution in [0.4, 0.5) is 11.4 Å². The number of phenolic OH excluding ortho intramolecular Hbond substituents is 1. The summed E-state index contributed by atoms with van der Waals surface area (Å²) in [6.07, 6.45) is 0. The number of hydrogen-bond acceptors (Lipinski definition) is 6. The first-order chi connectivity index (χ1) is 11.3. The molecule has 0 heterocycles. The van der Waals surface area contributed by atoms with Gasteiger partial charge in [-0.3, -0.25) is 0 Å². The molecule has 3 rings (SSSR count). The third-order valence-electron chi connectivity index (χ3n) is 3.52. The molecule has 0 bridgehead atoms. The van der Waals surface area contributed by atoms with Gasteiger partial charge < -0.3 is 9.66 Å². The Hall–Kier alpha value is -2.77. The van der Waals surface area contributed by atoms with Crippen LogP contribution in [-0.2, 0) is 10.1 Å². The van der Waals surface area contributed by atoms with Crippen LogP contribution >= 0.6 is 0 Å². The molecule has 0 amide bonds. The minimum atomic E-state index is -4.49. The minimum absolute atomic E-state index is 0.00569. The number of benzene rings is 3. The second-order valence-electron chi connectivity index (χ2n) is 5.31. The number of azo groups is 1. The van der Waals surface area contributed by atoms with Crippen LogP contribution in [0.2, 0.25) is 0 Å². The lowest BCUT2D eigenvalue weighted by molar-refractivity contribution is 0.463. The van der Waals surface area contributed by atoms with E-state index in [1.54, 1.807) is 12.1 Å². The number of rotatable bonds is 3. The molecule has 0 spiro atoms. The molecule has 3 aromatic rings. The van der Waals surface area contributed by atoms with Gasteiger partial charge in [-0.1, -0.05) is 29.8 Å². The summed E-state index contributed by atoms with van der Waals surface area (Å²) >= 11 is 0. The van der Waals surface area contributed by atoms with Crippen molar-refractivity contribution < 1.29 is 18.1 Å². The van der Waals surface area contributed by atoms with Gasteiger partial charge in [0.25, 0.3) is 0 Å². The number of aromatic hydroxyl groups is 1. The predicted molar refractivity (Wildman–Crippen MR) is 88.9 cm³/mol. The van der Waals surface area contributed by atoms with Crippen LogP contribution in [-0.4, -0.2) is 18.1 Å². The van der Waals surface area contributed by atoms with E-state index < -0.39 is 10.1 Å². The van der Waals surface area contributed by atoms with E-state index in [-0.39, 0.29) is 10.6 Å². The Morgan fingerprint density at radius 2 is 1.67 bits per heavy atom. The zero-order valence-electron chi connectivity index (χ0n) is 12.7. The molecule has 122 valence electrons. The first-order valence-corrected chi connectivity index (χ1v) is 8.45. The molecule has 0 radical (unpaired) electrons. The Morgan fingerprint density at radius 1 is 0.958 bits per heavy atom. The van der Waals surface area contributed by atoms with Crippen LogP contribution in [0.15, 0.2) is 69.7 Å². The largest absolute Gasteiger partial charge is 0.744 e. The standard InChI is InChI=1S/C17H14N2O4S/c1-11-2-8-15-12(10-11)3-9-16(20)17(15)19-18-13-4-6-14(7-5-13)24(21,22)23/h2-10,20H,1H3,(H,21,22,23)/p-1. The maximum Gasteiger partial charge on any atom is 0.143 e. The van der Waals surface area contributed by atoms with Gasteiger partial charge in [0, 0.05) is 5.39 Å². The number of aryl methyl sites for hydroxylation is 1. The fraction of sp³-hybridized carbons (Fsp3) is 0.0588. The molecule has 0 aliphatic heterocycles.